The Morgan fingerprint density at radius 2 is 2.25 bits per heavy atom. The van der Waals surface area contributed by atoms with E-state index < -0.39 is 0 Å². The predicted octanol–water partition coefficient (Wildman–Crippen LogP) is -1.14. The quantitative estimate of drug-likeness (QED) is 0.553. The number of piperidine rings is 1. The normalized spacial score (nSPS) is 36.9. The summed E-state index contributed by atoms with van der Waals surface area (Å²) >= 11 is 0. The molecular weight excluding hydrogens is 154 g/mol. The van der Waals surface area contributed by atoms with Crippen molar-refractivity contribution < 1.29 is 14.8 Å². The van der Waals surface area contributed by atoms with Gasteiger partial charge in [0.2, 0.25) is 0 Å². The summed E-state index contributed by atoms with van der Waals surface area (Å²) in [5, 5.41) is 8.78. The molecule has 3 nitrogen and oxygen atoms in total. The molecule has 1 rings (SSSR count). The van der Waals surface area contributed by atoms with Gasteiger partial charge in [0.15, 0.2) is 0 Å². The zero-order valence-corrected chi connectivity index (χ0v) is 7.84. The van der Waals surface area contributed by atoms with Crippen LogP contribution in [0, 0.1) is 5.92 Å². The topological polar surface area (TPSA) is 41.7 Å². The van der Waals surface area contributed by atoms with Gasteiger partial charge in [-0.2, -0.15) is 0 Å². The van der Waals surface area contributed by atoms with E-state index in [4.69, 9.17) is 5.11 Å². The van der Waals surface area contributed by atoms with Crippen LogP contribution in [0.15, 0.2) is 0 Å². The van der Waals surface area contributed by atoms with E-state index in [9.17, 15) is 4.79 Å². The van der Waals surface area contributed by atoms with Gasteiger partial charge in [0.25, 0.3) is 0 Å². The summed E-state index contributed by atoms with van der Waals surface area (Å²) in [6, 6.07) is 0.374. The van der Waals surface area contributed by atoms with Gasteiger partial charge in [0, 0.05) is 0 Å². The smallest absolute Gasteiger partial charge is 0.147 e. The maximum absolute atomic E-state index is 11.3. The molecule has 0 aromatic rings. The second-order valence-corrected chi connectivity index (χ2v) is 3.68. The Morgan fingerprint density at radius 3 is 2.83 bits per heavy atom. The highest BCUT2D eigenvalue weighted by molar-refractivity contribution is 5.81. The average Bonchev–Trinajstić information content (AvgIpc) is 2.07. The maximum Gasteiger partial charge on any atom is 0.147 e. The SMILES string of the molecule is C[C@H]1C(=O)CC[NH+](CCO)[C@H]1C. The molecule has 1 saturated heterocycles. The van der Waals surface area contributed by atoms with Gasteiger partial charge >= 0.3 is 0 Å². The lowest BCUT2D eigenvalue weighted by Gasteiger charge is -2.33. The molecule has 0 radical (unpaired) electrons. The van der Waals surface area contributed by atoms with Crippen LogP contribution in [0.4, 0.5) is 0 Å². The highest BCUT2D eigenvalue weighted by atomic mass is 16.3. The minimum absolute atomic E-state index is 0.167. The van der Waals surface area contributed by atoms with Crippen molar-refractivity contribution in [3.05, 3.63) is 0 Å². The Balaban J connectivity index is 2.52. The minimum Gasteiger partial charge on any atom is -0.391 e. The molecule has 0 aliphatic carbocycles. The minimum atomic E-state index is 0.167. The van der Waals surface area contributed by atoms with Crippen LogP contribution in [0.5, 0.6) is 0 Å². The van der Waals surface area contributed by atoms with E-state index in [2.05, 4.69) is 6.92 Å². The van der Waals surface area contributed by atoms with E-state index >= 15 is 0 Å². The second kappa shape index (κ2) is 4.01. The number of carbonyl (C=O) groups excluding carboxylic acids is 1. The molecule has 0 spiro atoms. The molecule has 3 heteroatoms. The van der Waals surface area contributed by atoms with Crippen LogP contribution in [0.3, 0.4) is 0 Å². The van der Waals surface area contributed by atoms with Gasteiger partial charge in [-0.25, -0.2) is 0 Å². The summed E-state index contributed by atoms with van der Waals surface area (Å²) in [6.45, 7) is 5.97. The predicted molar refractivity (Wildman–Crippen MR) is 46.0 cm³/mol. The monoisotopic (exact) mass is 172 g/mol. The zero-order chi connectivity index (χ0) is 9.14. The fraction of sp³-hybridized carbons (Fsp3) is 0.889. The van der Waals surface area contributed by atoms with Gasteiger partial charge in [-0.15, -0.1) is 0 Å². The summed E-state index contributed by atoms with van der Waals surface area (Å²) in [5.74, 6) is 0.546. The summed E-state index contributed by atoms with van der Waals surface area (Å²) in [5.41, 5.74) is 0. The summed E-state index contributed by atoms with van der Waals surface area (Å²) < 4.78 is 0. The lowest BCUT2D eigenvalue weighted by Crippen LogP contribution is -3.17. The molecule has 0 aromatic heterocycles. The fourth-order valence-corrected chi connectivity index (χ4v) is 1.87. The number of aliphatic hydroxyl groups excluding tert-OH is 1. The van der Waals surface area contributed by atoms with Crippen LogP contribution >= 0.6 is 0 Å². The summed E-state index contributed by atoms with van der Waals surface area (Å²) in [4.78, 5) is 12.6. The number of likely N-dealkylation sites (tertiary alicyclic amines) is 1. The molecule has 2 N–H and O–H groups in total. The van der Waals surface area contributed by atoms with Crippen LogP contribution < -0.4 is 4.90 Å². The number of hydrogen-bond acceptors (Lipinski definition) is 2. The lowest BCUT2D eigenvalue weighted by molar-refractivity contribution is -0.928. The third-order valence-corrected chi connectivity index (χ3v) is 3.03. The van der Waals surface area contributed by atoms with E-state index in [0.29, 0.717) is 18.2 Å². The van der Waals surface area contributed by atoms with Gasteiger partial charge in [-0.05, 0) is 13.8 Å². The molecule has 1 aliphatic rings. The molecule has 0 saturated carbocycles. The number of Topliss-reactive ketones (excluding diaryl/α,β-unsaturated/α-hetero) is 1. The number of aliphatic hydroxyl groups is 1. The third-order valence-electron chi connectivity index (χ3n) is 3.03. The van der Waals surface area contributed by atoms with Crippen molar-refractivity contribution in [3.8, 4) is 0 Å². The number of hydrogen-bond donors (Lipinski definition) is 2. The Hall–Kier alpha value is -0.410. The van der Waals surface area contributed by atoms with E-state index in [0.717, 1.165) is 13.1 Å². The van der Waals surface area contributed by atoms with Gasteiger partial charge in [-0.3, -0.25) is 4.79 Å². The number of ketones is 1. The Morgan fingerprint density at radius 1 is 1.58 bits per heavy atom. The standard InChI is InChI=1S/C9H17NO2/c1-7-8(2)10(5-6-11)4-3-9(7)12/h7-8,11H,3-6H2,1-2H3/p+1/t7-,8+/m1/s1. The molecule has 70 valence electrons. The van der Waals surface area contributed by atoms with Crippen molar-refractivity contribution in [1.82, 2.24) is 0 Å². The molecule has 1 aliphatic heterocycles. The van der Waals surface area contributed by atoms with Gasteiger partial charge < -0.3 is 10.0 Å². The van der Waals surface area contributed by atoms with Crippen molar-refractivity contribution in [2.45, 2.75) is 26.3 Å². The molecule has 1 fully saturated rings. The lowest BCUT2D eigenvalue weighted by atomic mass is 9.91. The van der Waals surface area contributed by atoms with Gasteiger partial charge in [0.05, 0.1) is 31.5 Å². The highest BCUT2D eigenvalue weighted by Crippen LogP contribution is 2.07. The van der Waals surface area contributed by atoms with Crippen LogP contribution in [0.2, 0.25) is 0 Å². The first-order valence-corrected chi connectivity index (χ1v) is 4.65. The zero-order valence-electron chi connectivity index (χ0n) is 7.84. The van der Waals surface area contributed by atoms with Crippen LogP contribution in [0.25, 0.3) is 0 Å². The van der Waals surface area contributed by atoms with Crippen molar-refractivity contribution in [3.63, 3.8) is 0 Å². The molecule has 3 atom stereocenters. The molecule has 0 aromatic carbocycles. The molecule has 1 heterocycles. The van der Waals surface area contributed by atoms with Crippen molar-refractivity contribution in [2.24, 2.45) is 5.92 Å². The molecule has 0 bridgehead atoms. The van der Waals surface area contributed by atoms with E-state index in [1.165, 1.54) is 4.90 Å². The van der Waals surface area contributed by atoms with E-state index in [-0.39, 0.29) is 12.5 Å². The highest BCUT2D eigenvalue weighted by Gasteiger charge is 2.33. The van der Waals surface area contributed by atoms with Crippen molar-refractivity contribution in [2.75, 3.05) is 19.7 Å². The van der Waals surface area contributed by atoms with Gasteiger partial charge in [0.1, 0.15) is 12.3 Å². The van der Waals surface area contributed by atoms with Crippen LogP contribution in [-0.4, -0.2) is 36.6 Å². The third kappa shape index (κ3) is 1.84. The first kappa shape index (κ1) is 9.68. The summed E-state index contributed by atoms with van der Waals surface area (Å²) in [6.07, 6.45) is 0.681. The van der Waals surface area contributed by atoms with Crippen LogP contribution in [-0.2, 0) is 4.79 Å². The number of nitrogens with one attached hydrogen (secondary N) is 1. The van der Waals surface area contributed by atoms with Crippen molar-refractivity contribution >= 4 is 5.78 Å². The largest absolute Gasteiger partial charge is 0.391 e. The van der Waals surface area contributed by atoms with Gasteiger partial charge in [-0.1, -0.05) is 0 Å². The Bertz CT molecular complexity index is 170. The van der Waals surface area contributed by atoms with Crippen molar-refractivity contribution in [1.29, 1.82) is 0 Å². The van der Waals surface area contributed by atoms with E-state index in [1.54, 1.807) is 0 Å². The first-order chi connectivity index (χ1) is 5.66. The summed E-state index contributed by atoms with van der Waals surface area (Å²) in [7, 11) is 0. The first-order valence-electron chi connectivity index (χ1n) is 4.65. The van der Waals surface area contributed by atoms with Crippen LogP contribution in [0.1, 0.15) is 20.3 Å². The molecule has 12 heavy (non-hydrogen) atoms. The fourth-order valence-electron chi connectivity index (χ4n) is 1.87. The van der Waals surface area contributed by atoms with E-state index in [1.807, 2.05) is 6.92 Å². The Labute approximate surface area is 73.4 Å². The molecule has 1 unspecified atom stereocenters. The molecule has 0 amide bonds. The number of rotatable bonds is 2. The maximum atomic E-state index is 11.3. The molecular formula is C9H18NO2+. The average molecular weight is 172 g/mol. The number of quaternary nitrogens is 1. The second-order valence-electron chi connectivity index (χ2n) is 3.68. The number of carbonyl (C=O) groups is 1. The Kier molecular flexibility index (Phi) is 3.23.